The molecule has 1 fully saturated rings. The third-order valence-corrected chi connectivity index (χ3v) is 3.90. The Morgan fingerprint density at radius 3 is 2.76 bits per heavy atom. The van der Waals surface area contributed by atoms with Gasteiger partial charge in [-0.15, -0.1) is 5.10 Å². The van der Waals surface area contributed by atoms with Crippen LogP contribution < -0.4 is 10.6 Å². The van der Waals surface area contributed by atoms with Gasteiger partial charge in [0.25, 0.3) is 0 Å². The van der Waals surface area contributed by atoms with Crippen LogP contribution in [0.5, 0.6) is 0 Å². The predicted octanol–water partition coefficient (Wildman–Crippen LogP) is 2.84. The molecule has 1 aromatic carbocycles. The maximum absolute atomic E-state index is 9.23. The summed E-state index contributed by atoms with van der Waals surface area (Å²) in [7, 11) is 0. The molecule has 3 aromatic rings. The van der Waals surface area contributed by atoms with Crippen molar-refractivity contribution < 1.29 is 0 Å². The molecular formula is C16H11ClN8. The van der Waals surface area contributed by atoms with Crippen molar-refractivity contribution in [1.29, 1.82) is 10.5 Å². The molecule has 0 saturated heterocycles. The lowest BCUT2D eigenvalue weighted by molar-refractivity contribution is 0.891. The van der Waals surface area contributed by atoms with Crippen molar-refractivity contribution in [2.24, 2.45) is 0 Å². The monoisotopic (exact) mass is 350 g/mol. The molecule has 8 nitrogen and oxygen atoms in total. The average Bonchev–Trinajstić information content (AvgIpc) is 3.31. The Hall–Kier alpha value is -3.36. The zero-order chi connectivity index (χ0) is 17.4. The van der Waals surface area contributed by atoms with E-state index in [0.29, 0.717) is 39.5 Å². The molecule has 25 heavy (non-hydrogen) atoms. The summed E-state index contributed by atoms with van der Waals surface area (Å²) >= 11 is 6.03. The highest BCUT2D eigenvalue weighted by Gasteiger charge is 2.24. The zero-order valence-corrected chi connectivity index (χ0v) is 13.6. The summed E-state index contributed by atoms with van der Waals surface area (Å²) in [6, 6.07) is 9.35. The number of rotatable bonds is 4. The fourth-order valence-corrected chi connectivity index (χ4v) is 2.62. The standard InChI is InChI=1S/C16H11ClN8/c17-10-3-9(6-18)4-12(5-10)22-16-23-14(21-11-1-2-11)15-20-8-13(7-19)25(15)24-16/h3-5,8,11H,1-2H2,(H2,21,22,23,24). The van der Waals surface area contributed by atoms with Gasteiger partial charge in [0.05, 0.1) is 17.8 Å². The van der Waals surface area contributed by atoms with E-state index in [-0.39, 0.29) is 5.95 Å². The van der Waals surface area contributed by atoms with Crippen LogP contribution in [0.2, 0.25) is 5.02 Å². The van der Waals surface area contributed by atoms with E-state index in [4.69, 9.17) is 16.9 Å². The largest absolute Gasteiger partial charge is 0.364 e. The van der Waals surface area contributed by atoms with Crippen LogP contribution in [0.1, 0.15) is 24.1 Å². The van der Waals surface area contributed by atoms with E-state index in [0.717, 1.165) is 12.8 Å². The van der Waals surface area contributed by atoms with Gasteiger partial charge in [0.1, 0.15) is 6.07 Å². The Balaban J connectivity index is 1.77. The molecule has 9 heteroatoms. The van der Waals surface area contributed by atoms with Gasteiger partial charge in [-0.3, -0.25) is 0 Å². The SMILES string of the molecule is N#Cc1cc(Cl)cc(Nc2nc(NC3CC3)c3ncc(C#N)n3n2)c1. The Morgan fingerprint density at radius 2 is 2.04 bits per heavy atom. The van der Waals surface area contributed by atoms with Gasteiger partial charge in [-0.05, 0) is 31.0 Å². The Labute approximate surface area is 147 Å². The third kappa shape index (κ3) is 3.03. The number of nitrogens with one attached hydrogen (secondary N) is 2. The first-order chi connectivity index (χ1) is 12.2. The van der Waals surface area contributed by atoms with E-state index in [1.807, 2.05) is 6.07 Å². The molecule has 1 aliphatic rings. The minimum Gasteiger partial charge on any atom is -0.364 e. The van der Waals surface area contributed by atoms with Gasteiger partial charge in [0.2, 0.25) is 5.95 Å². The van der Waals surface area contributed by atoms with Gasteiger partial charge < -0.3 is 10.6 Å². The topological polar surface area (TPSA) is 115 Å². The molecule has 0 unspecified atom stereocenters. The number of hydrogen-bond donors (Lipinski definition) is 2. The smallest absolute Gasteiger partial charge is 0.247 e. The number of nitrogens with zero attached hydrogens (tertiary/aromatic N) is 6. The molecular weight excluding hydrogens is 340 g/mol. The third-order valence-electron chi connectivity index (χ3n) is 3.68. The second-order valence-electron chi connectivity index (χ2n) is 5.66. The predicted molar refractivity (Wildman–Crippen MR) is 91.6 cm³/mol. The summed E-state index contributed by atoms with van der Waals surface area (Å²) in [5.74, 6) is 0.834. The second kappa shape index (κ2) is 5.93. The summed E-state index contributed by atoms with van der Waals surface area (Å²) in [6.07, 6.45) is 3.61. The lowest BCUT2D eigenvalue weighted by atomic mass is 10.2. The lowest BCUT2D eigenvalue weighted by Gasteiger charge is -2.10. The molecule has 0 radical (unpaired) electrons. The molecule has 122 valence electrons. The highest BCUT2D eigenvalue weighted by molar-refractivity contribution is 6.31. The molecule has 0 atom stereocenters. The van der Waals surface area contributed by atoms with Crippen LogP contribution >= 0.6 is 11.6 Å². The molecule has 0 aliphatic heterocycles. The fraction of sp³-hybridized carbons (Fsp3) is 0.188. The Kier molecular flexibility index (Phi) is 3.60. The summed E-state index contributed by atoms with van der Waals surface area (Å²) < 4.78 is 1.44. The summed E-state index contributed by atoms with van der Waals surface area (Å²) in [5.41, 5.74) is 1.81. The molecule has 1 aliphatic carbocycles. The number of benzene rings is 1. The Bertz CT molecular complexity index is 1050. The first-order valence-electron chi connectivity index (χ1n) is 7.56. The maximum Gasteiger partial charge on any atom is 0.247 e. The van der Waals surface area contributed by atoms with Gasteiger partial charge >= 0.3 is 0 Å². The number of hydrogen-bond acceptors (Lipinski definition) is 7. The van der Waals surface area contributed by atoms with E-state index in [1.54, 1.807) is 18.2 Å². The number of anilines is 3. The van der Waals surface area contributed by atoms with E-state index in [2.05, 4.69) is 31.8 Å². The van der Waals surface area contributed by atoms with Crippen molar-refractivity contribution >= 4 is 34.7 Å². The van der Waals surface area contributed by atoms with Crippen LogP contribution in [0.15, 0.2) is 24.4 Å². The van der Waals surface area contributed by atoms with E-state index in [1.165, 1.54) is 10.7 Å². The molecule has 0 bridgehead atoms. The maximum atomic E-state index is 9.23. The number of aromatic nitrogens is 4. The van der Waals surface area contributed by atoms with Crippen molar-refractivity contribution in [2.75, 3.05) is 10.6 Å². The fourth-order valence-electron chi connectivity index (χ4n) is 2.38. The van der Waals surface area contributed by atoms with Crippen molar-refractivity contribution in [1.82, 2.24) is 19.6 Å². The van der Waals surface area contributed by atoms with Gasteiger partial charge in [0.15, 0.2) is 17.2 Å². The molecule has 0 amide bonds. The van der Waals surface area contributed by atoms with Gasteiger partial charge in [-0.2, -0.15) is 20.0 Å². The first-order valence-corrected chi connectivity index (χ1v) is 7.94. The summed E-state index contributed by atoms with van der Waals surface area (Å²) in [5, 5.41) is 29.4. The van der Waals surface area contributed by atoms with Crippen LogP contribution in [0.25, 0.3) is 5.65 Å². The number of fused-ring (bicyclic) bond motifs is 1. The van der Waals surface area contributed by atoms with Crippen molar-refractivity contribution in [3.63, 3.8) is 0 Å². The van der Waals surface area contributed by atoms with Crippen LogP contribution in [0.4, 0.5) is 17.5 Å². The van der Waals surface area contributed by atoms with Crippen LogP contribution in [-0.2, 0) is 0 Å². The average molecular weight is 351 g/mol. The normalized spacial score (nSPS) is 13.2. The van der Waals surface area contributed by atoms with Crippen molar-refractivity contribution in [3.05, 3.63) is 40.7 Å². The molecule has 2 aromatic heterocycles. The van der Waals surface area contributed by atoms with Crippen LogP contribution in [0.3, 0.4) is 0 Å². The lowest BCUT2D eigenvalue weighted by Crippen LogP contribution is -2.10. The van der Waals surface area contributed by atoms with Gasteiger partial charge in [-0.1, -0.05) is 11.6 Å². The minimum absolute atomic E-state index is 0.274. The highest BCUT2D eigenvalue weighted by Crippen LogP contribution is 2.27. The summed E-state index contributed by atoms with van der Waals surface area (Å²) in [4.78, 5) is 8.68. The molecule has 2 heterocycles. The van der Waals surface area contributed by atoms with Gasteiger partial charge in [-0.25, -0.2) is 4.98 Å². The van der Waals surface area contributed by atoms with Crippen LogP contribution in [-0.4, -0.2) is 25.6 Å². The summed E-state index contributed by atoms with van der Waals surface area (Å²) in [6.45, 7) is 0. The van der Waals surface area contributed by atoms with Crippen LogP contribution in [0, 0.1) is 22.7 Å². The minimum atomic E-state index is 0.274. The quantitative estimate of drug-likeness (QED) is 0.743. The second-order valence-corrected chi connectivity index (χ2v) is 6.10. The Morgan fingerprint density at radius 1 is 1.20 bits per heavy atom. The molecule has 0 spiro atoms. The number of nitriles is 2. The van der Waals surface area contributed by atoms with E-state index in [9.17, 15) is 5.26 Å². The number of halogens is 1. The van der Waals surface area contributed by atoms with E-state index < -0.39 is 0 Å². The molecule has 4 rings (SSSR count). The van der Waals surface area contributed by atoms with Crippen molar-refractivity contribution in [2.45, 2.75) is 18.9 Å². The highest BCUT2D eigenvalue weighted by atomic mass is 35.5. The number of imidazole rings is 1. The van der Waals surface area contributed by atoms with Crippen molar-refractivity contribution in [3.8, 4) is 12.1 Å². The first kappa shape index (κ1) is 15.2. The molecule has 1 saturated carbocycles. The van der Waals surface area contributed by atoms with Gasteiger partial charge in [0, 0.05) is 16.8 Å². The zero-order valence-electron chi connectivity index (χ0n) is 12.9. The molecule has 2 N–H and O–H groups in total. The van der Waals surface area contributed by atoms with E-state index >= 15 is 0 Å².